The summed E-state index contributed by atoms with van der Waals surface area (Å²) in [7, 11) is 2.03. The molecule has 0 atom stereocenters. The Hall–Kier alpha value is -0.786. The molecule has 1 nitrogen and oxygen atoms in total. The van der Waals surface area contributed by atoms with Gasteiger partial charge in [0.2, 0.25) is 0 Å². The molecule has 2 aromatic rings. The van der Waals surface area contributed by atoms with Crippen LogP contribution in [0.2, 0.25) is 0 Å². The molecule has 0 aliphatic rings. The zero-order valence-corrected chi connectivity index (χ0v) is 12.1. The van der Waals surface area contributed by atoms with E-state index in [2.05, 4.69) is 29.6 Å². The van der Waals surface area contributed by atoms with Gasteiger partial charge in [-0.3, -0.25) is 0 Å². The van der Waals surface area contributed by atoms with Crippen molar-refractivity contribution in [3.63, 3.8) is 0 Å². The summed E-state index contributed by atoms with van der Waals surface area (Å²) in [4.78, 5) is 2.06. The van der Waals surface area contributed by atoms with E-state index in [1.165, 1.54) is 5.56 Å². The van der Waals surface area contributed by atoms with Crippen LogP contribution < -0.4 is 4.90 Å². The molecule has 0 spiro atoms. The molecule has 1 radical (unpaired) electrons. The van der Waals surface area contributed by atoms with Gasteiger partial charge in [0.25, 0.3) is 0 Å². The molecule has 2 heteroatoms. The van der Waals surface area contributed by atoms with Crippen molar-refractivity contribution in [1.29, 1.82) is 0 Å². The smallest absolute Gasteiger partial charge is 0 e. The topological polar surface area (TPSA) is 3.24 Å². The van der Waals surface area contributed by atoms with Gasteiger partial charge in [0, 0.05) is 32.7 Å². The van der Waals surface area contributed by atoms with Crippen LogP contribution >= 0.6 is 0 Å². The van der Waals surface area contributed by atoms with E-state index in [1.807, 2.05) is 49.5 Å². The fourth-order valence-corrected chi connectivity index (χ4v) is 1.44. The van der Waals surface area contributed by atoms with E-state index in [9.17, 15) is 0 Å². The van der Waals surface area contributed by atoms with Crippen molar-refractivity contribution < 1.29 is 32.7 Å². The van der Waals surface area contributed by atoms with Crippen molar-refractivity contribution >= 4 is 5.69 Å². The molecule has 2 aromatic carbocycles. The summed E-state index contributed by atoms with van der Waals surface area (Å²) < 4.78 is 0. The number of benzene rings is 2. The number of nitrogens with zero attached hydrogens (tertiary/aromatic N) is 1. The van der Waals surface area contributed by atoms with Crippen LogP contribution in [0, 0.1) is 12.6 Å². The summed E-state index contributed by atoms with van der Waals surface area (Å²) in [5, 5.41) is 0. The van der Waals surface area contributed by atoms with Gasteiger partial charge in [-0.05, 0) is 7.05 Å². The van der Waals surface area contributed by atoms with E-state index in [0.29, 0.717) is 0 Å². The Morgan fingerprint density at radius 3 is 2.31 bits per heavy atom. The van der Waals surface area contributed by atoms with Crippen molar-refractivity contribution in [2.45, 2.75) is 0 Å². The number of anilines is 1. The molecule has 0 N–H and O–H groups in total. The summed E-state index contributed by atoms with van der Waals surface area (Å²) >= 11 is 0. The Bertz CT molecular complexity index is 400. The Labute approximate surface area is 122 Å². The second-order valence-corrected chi connectivity index (χ2v) is 3.40. The summed E-state index contributed by atoms with van der Waals surface area (Å²) in [6.45, 7) is 2.09. The minimum atomic E-state index is 0. The minimum Gasteiger partial charge on any atom is -0.424 e. The molecule has 0 fully saturated rings. The van der Waals surface area contributed by atoms with Gasteiger partial charge in [-0.2, -0.15) is 42.0 Å². The van der Waals surface area contributed by atoms with Crippen molar-refractivity contribution in [2.75, 3.05) is 11.9 Å². The Balaban J connectivity index is 0.00000128. The van der Waals surface area contributed by atoms with Gasteiger partial charge in [0.05, 0.1) is 0 Å². The molecule has 16 heavy (non-hydrogen) atoms. The van der Waals surface area contributed by atoms with Crippen molar-refractivity contribution in [3.8, 4) is 0 Å². The Kier molecular flexibility index (Phi) is 5.58. The first-order chi connectivity index (χ1) is 7.36. The van der Waals surface area contributed by atoms with E-state index < -0.39 is 0 Å². The first-order valence-electron chi connectivity index (χ1n) is 4.96. The predicted octanol–water partition coefficient (Wildman–Crippen LogP) is 3.13. The van der Waals surface area contributed by atoms with Crippen LogP contribution in [0.15, 0.2) is 54.6 Å². The largest absolute Gasteiger partial charge is 0.424 e. The summed E-state index contributed by atoms with van der Waals surface area (Å²) in [6, 6.07) is 21.4. The molecular weight excluding hydrogens is 271 g/mol. The zero-order valence-electron chi connectivity index (χ0n) is 9.30. The SMILES string of the molecule is CN([CH-]c1ccccc1)c1[c-]cccc1.[Y]. The molecule has 0 saturated heterocycles. The van der Waals surface area contributed by atoms with Crippen LogP contribution in [0.25, 0.3) is 0 Å². The van der Waals surface area contributed by atoms with E-state index in [0.717, 1.165) is 5.69 Å². The Morgan fingerprint density at radius 2 is 1.69 bits per heavy atom. The van der Waals surface area contributed by atoms with Crippen molar-refractivity contribution in [1.82, 2.24) is 0 Å². The molecule has 0 saturated carbocycles. The quantitative estimate of drug-likeness (QED) is 0.783. The molecule has 79 valence electrons. The first kappa shape index (κ1) is 13.3. The third-order valence-corrected chi connectivity index (χ3v) is 2.21. The molecule has 0 unspecified atom stereocenters. The summed E-state index contributed by atoms with van der Waals surface area (Å²) in [6.07, 6.45) is 0. The summed E-state index contributed by atoms with van der Waals surface area (Å²) in [5.41, 5.74) is 2.26. The monoisotopic (exact) mass is 284 g/mol. The van der Waals surface area contributed by atoms with E-state index in [-0.39, 0.29) is 32.7 Å². The number of para-hydroxylation sites is 1. The van der Waals surface area contributed by atoms with Crippen LogP contribution in [-0.4, -0.2) is 7.05 Å². The van der Waals surface area contributed by atoms with Gasteiger partial charge < -0.3 is 4.90 Å². The molecule has 0 aromatic heterocycles. The Morgan fingerprint density at radius 1 is 1.00 bits per heavy atom. The predicted molar refractivity (Wildman–Crippen MR) is 63.5 cm³/mol. The van der Waals surface area contributed by atoms with Gasteiger partial charge in [0.15, 0.2) is 0 Å². The molecule has 0 bridgehead atoms. The van der Waals surface area contributed by atoms with E-state index in [1.54, 1.807) is 0 Å². The fourth-order valence-electron chi connectivity index (χ4n) is 1.44. The van der Waals surface area contributed by atoms with Crippen LogP contribution in [0.5, 0.6) is 0 Å². The fraction of sp³-hybridized carbons (Fsp3) is 0.0714. The molecular formula is C14H13NY-2. The second kappa shape index (κ2) is 6.72. The average Bonchev–Trinajstić information content (AvgIpc) is 2.31. The van der Waals surface area contributed by atoms with Gasteiger partial charge >= 0.3 is 0 Å². The van der Waals surface area contributed by atoms with E-state index in [4.69, 9.17) is 0 Å². The molecule has 0 heterocycles. The number of hydrogen-bond acceptors (Lipinski definition) is 1. The molecule has 0 aliphatic carbocycles. The third-order valence-electron chi connectivity index (χ3n) is 2.21. The molecule has 0 amide bonds. The summed E-state index contributed by atoms with van der Waals surface area (Å²) in [5.74, 6) is 0. The van der Waals surface area contributed by atoms with Crippen LogP contribution in [0.1, 0.15) is 5.56 Å². The van der Waals surface area contributed by atoms with Gasteiger partial charge in [-0.15, -0.1) is 18.2 Å². The average molecular weight is 284 g/mol. The zero-order chi connectivity index (χ0) is 10.5. The minimum absolute atomic E-state index is 0. The second-order valence-electron chi connectivity index (χ2n) is 3.40. The van der Waals surface area contributed by atoms with Crippen LogP contribution in [0.3, 0.4) is 0 Å². The number of rotatable bonds is 3. The maximum Gasteiger partial charge on any atom is 0 e. The van der Waals surface area contributed by atoms with Crippen LogP contribution in [-0.2, 0) is 32.7 Å². The van der Waals surface area contributed by atoms with Crippen molar-refractivity contribution in [3.05, 3.63) is 72.8 Å². The van der Waals surface area contributed by atoms with E-state index >= 15 is 0 Å². The van der Waals surface area contributed by atoms with Gasteiger partial charge in [-0.25, -0.2) is 0 Å². The maximum absolute atomic E-state index is 3.18. The first-order valence-corrected chi connectivity index (χ1v) is 4.96. The van der Waals surface area contributed by atoms with Crippen molar-refractivity contribution in [2.24, 2.45) is 0 Å². The van der Waals surface area contributed by atoms with Crippen LogP contribution in [0.4, 0.5) is 5.69 Å². The molecule has 2 rings (SSSR count). The third kappa shape index (κ3) is 3.66. The van der Waals surface area contributed by atoms with Gasteiger partial charge in [0.1, 0.15) is 0 Å². The maximum atomic E-state index is 3.18. The standard InChI is InChI=1S/C14H13N.Y/c1-15(14-10-6-3-7-11-14)12-13-8-4-2-5-9-13;/h2-10,12H,1H3;/q-2;. The normalized spacial score (nSPS) is 9.06. The van der Waals surface area contributed by atoms with Gasteiger partial charge in [-0.1, -0.05) is 18.3 Å². The molecule has 0 aliphatic heterocycles. The number of hydrogen-bond donors (Lipinski definition) is 0.